The highest BCUT2D eigenvalue weighted by Gasteiger charge is 2.21. The average molecular weight is 237 g/mol. The van der Waals surface area contributed by atoms with Crippen LogP contribution in [-0.2, 0) is 6.54 Å². The number of piperidine rings is 1. The van der Waals surface area contributed by atoms with Gasteiger partial charge in [0.15, 0.2) is 5.76 Å². The standard InChI is InChI=1S/C13H23N3O/c1-10-8-13(17-15-10)9-14-11(2)12-4-6-16(3)7-5-12/h8,11-12,14H,4-7,9H2,1-3H3. The molecule has 1 saturated heterocycles. The quantitative estimate of drug-likeness (QED) is 0.867. The highest BCUT2D eigenvalue weighted by atomic mass is 16.5. The number of hydrogen-bond acceptors (Lipinski definition) is 4. The fourth-order valence-electron chi connectivity index (χ4n) is 2.46. The van der Waals surface area contributed by atoms with Crippen molar-refractivity contribution in [1.29, 1.82) is 0 Å². The minimum absolute atomic E-state index is 0.550. The lowest BCUT2D eigenvalue weighted by Crippen LogP contribution is -2.40. The first-order valence-electron chi connectivity index (χ1n) is 6.49. The molecule has 96 valence electrons. The molecule has 1 N–H and O–H groups in total. The summed E-state index contributed by atoms with van der Waals surface area (Å²) in [6.45, 7) is 7.46. The van der Waals surface area contributed by atoms with Crippen LogP contribution in [0.5, 0.6) is 0 Å². The van der Waals surface area contributed by atoms with E-state index in [0.717, 1.165) is 23.9 Å². The molecule has 0 saturated carbocycles. The normalized spacial score (nSPS) is 20.6. The Morgan fingerprint density at radius 2 is 2.24 bits per heavy atom. The molecule has 1 aromatic rings. The summed E-state index contributed by atoms with van der Waals surface area (Å²) < 4.78 is 5.20. The van der Waals surface area contributed by atoms with Crippen molar-refractivity contribution in [2.24, 2.45) is 5.92 Å². The van der Waals surface area contributed by atoms with Crippen molar-refractivity contribution in [2.75, 3.05) is 20.1 Å². The zero-order valence-electron chi connectivity index (χ0n) is 11.1. The van der Waals surface area contributed by atoms with Gasteiger partial charge in [-0.05, 0) is 52.7 Å². The maximum absolute atomic E-state index is 5.20. The third-order valence-corrected chi connectivity index (χ3v) is 3.75. The molecule has 0 aliphatic carbocycles. The van der Waals surface area contributed by atoms with Gasteiger partial charge in [0.1, 0.15) is 0 Å². The summed E-state index contributed by atoms with van der Waals surface area (Å²) in [5.74, 6) is 1.72. The van der Waals surface area contributed by atoms with E-state index in [-0.39, 0.29) is 0 Å². The Bertz CT molecular complexity index is 342. The van der Waals surface area contributed by atoms with Crippen LogP contribution in [0.3, 0.4) is 0 Å². The van der Waals surface area contributed by atoms with Crippen molar-refractivity contribution >= 4 is 0 Å². The Morgan fingerprint density at radius 1 is 1.53 bits per heavy atom. The molecule has 1 aromatic heterocycles. The molecule has 0 bridgehead atoms. The SMILES string of the molecule is Cc1cc(CNC(C)C2CCN(C)CC2)on1. The lowest BCUT2D eigenvalue weighted by molar-refractivity contribution is 0.187. The molecule has 0 aromatic carbocycles. The lowest BCUT2D eigenvalue weighted by Gasteiger charge is -2.33. The summed E-state index contributed by atoms with van der Waals surface area (Å²) in [5, 5.41) is 7.44. The van der Waals surface area contributed by atoms with Crippen LogP contribution >= 0.6 is 0 Å². The molecule has 1 aliphatic rings. The van der Waals surface area contributed by atoms with Gasteiger partial charge in [-0.25, -0.2) is 0 Å². The van der Waals surface area contributed by atoms with E-state index in [1.807, 2.05) is 13.0 Å². The van der Waals surface area contributed by atoms with E-state index < -0.39 is 0 Å². The maximum atomic E-state index is 5.20. The van der Waals surface area contributed by atoms with E-state index in [1.165, 1.54) is 25.9 Å². The van der Waals surface area contributed by atoms with Gasteiger partial charge in [-0.2, -0.15) is 0 Å². The predicted octanol–water partition coefficient (Wildman–Crippen LogP) is 1.80. The first-order valence-corrected chi connectivity index (χ1v) is 6.49. The zero-order chi connectivity index (χ0) is 12.3. The van der Waals surface area contributed by atoms with Gasteiger partial charge < -0.3 is 14.7 Å². The topological polar surface area (TPSA) is 41.3 Å². The molecular formula is C13H23N3O. The van der Waals surface area contributed by atoms with Crippen molar-refractivity contribution < 1.29 is 4.52 Å². The van der Waals surface area contributed by atoms with Crippen LogP contribution in [0, 0.1) is 12.8 Å². The molecule has 2 rings (SSSR count). The summed E-state index contributed by atoms with van der Waals surface area (Å²) >= 11 is 0. The molecule has 4 nitrogen and oxygen atoms in total. The van der Waals surface area contributed by atoms with Crippen LogP contribution < -0.4 is 5.32 Å². The Labute approximate surface area is 103 Å². The van der Waals surface area contributed by atoms with Gasteiger partial charge in [-0.15, -0.1) is 0 Å². The Morgan fingerprint density at radius 3 is 2.82 bits per heavy atom. The average Bonchev–Trinajstić information content (AvgIpc) is 2.73. The van der Waals surface area contributed by atoms with Crippen LogP contribution in [0.4, 0.5) is 0 Å². The van der Waals surface area contributed by atoms with Gasteiger partial charge in [-0.1, -0.05) is 5.16 Å². The number of nitrogens with one attached hydrogen (secondary N) is 1. The molecule has 1 atom stereocenters. The first-order chi connectivity index (χ1) is 8.15. The van der Waals surface area contributed by atoms with E-state index in [1.54, 1.807) is 0 Å². The molecule has 1 fully saturated rings. The second kappa shape index (κ2) is 5.65. The van der Waals surface area contributed by atoms with Gasteiger partial charge in [0.05, 0.1) is 12.2 Å². The summed E-state index contributed by atoms with van der Waals surface area (Å²) in [7, 11) is 2.20. The summed E-state index contributed by atoms with van der Waals surface area (Å²) in [4.78, 5) is 2.41. The number of nitrogens with zero attached hydrogens (tertiary/aromatic N) is 2. The number of rotatable bonds is 4. The largest absolute Gasteiger partial charge is 0.360 e. The number of likely N-dealkylation sites (tertiary alicyclic amines) is 1. The molecular weight excluding hydrogens is 214 g/mol. The highest BCUT2D eigenvalue weighted by molar-refractivity contribution is 5.02. The van der Waals surface area contributed by atoms with E-state index in [2.05, 4.69) is 29.3 Å². The zero-order valence-corrected chi connectivity index (χ0v) is 11.1. The fourth-order valence-corrected chi connectivity index (χ4v) is 2.46. The van der Waals surface area contributed by atoms with Crippen LogP contribution in [0.25, 0.3) is 0 Å². The second-order valence-corrected chi connectivity index (χ2v) is 5.24. The van der Waals surface area contributed by atoms with Crippen LogP contribution in [0.2, 0.25) is 0 Å². The molecule has 1 aliphatic heterocycles. The molecule has 0 amide bonds. The lowest BCUT2D eigenvalue weighted by atomic mass is 9.90. The minimum atomic E-state index is 0.550. The van der Waals surface area contributed by atoms with Crippen LogP contribution in [0.1, 0.15) is 31.2 Å². The van der Waals surface area contributed by atoms with E-state index in [0.29, 0.717) is 6.04 Å². The van der Waals surface area contributed by atoms with E-state index in [4.69, 9.17) is 4.52 Å². The smallest absolute Gasteiger partial charge is 0.150 e. The number of aryl methyl sites for hydroxylation is 1. The van der Waals surface area contributed by atoms with Gasteiger partial charge >= 0.3 is 0 Å². The Kier molecular flexibility index (Phi) is 4.18. The predicted molar refractivity (Wildman–Crippen MR) is 67.8 cm³/mol. The highest BCUT2D eigenvalue weighted by Crippen LogP contribution is 2.19. The molecule has 0 radical (unpaired) electrons. The monoisotopic (exact) mass is 237 g/mol. The summed E-state index contributed by atoms with van der Waals surface area (Å²) in [5.41, 5.74) is 0.953. The molecule has 0 spiro atoms. The van der Waals surface area contributed by atoms with Gasteiger partial charge in [-0.3, -0.25) is 0 Å². The van der Waals surface area contributed by atoms with Gasteiger partial charge in [0.2, 0.25) is 0 Å². The van der Waals surface area contributed by atoms with Crippen molar-refractivity contribution in [1.82, 2.24) is 15.4 Å². The molecule has 1 unspecified atom stereocenters. The number of aromatic nitrogens is 1. The van der Waals surface area contributed by atoms with Crippen LogP contribution in [-0.4, -0.2) is 36.2 Å². The van der Waals surface area contributed by atoms with E-state index in [9.17, 15) is 0 Å². The molecule has 17 heavy (non-hydrogen) atoms. The van der Waals surface area contributed by atoms with Crippen molar-refractivity contribution in [2.45, 2.75) is 39.3 Å². The Hall–Kier alpha value is -0.870. The van der Waals surface area contributed by atoms with E-state index >= 15 is 0 Å². The first kappa shape index (κ1) is 12.6. The molecule has 2 heterocycles. The number of hydrogen-bond donors (Lipinski definition) is 1. The Balaban J connectivity index is 1.75. The third kappa shape index (κ3) is 3.54. The van der Waals surface area contributed by atoms with Crippen LogP contribution in [0.15, 0.2) is 10.6 Å². The fraction of sp³-hybridized carbons (Fsp3) is 0.769. The van der Waals surface area contributed by atoms with Crippen molar-refractivity contribution in [3.8, 4) is 0 Å². The second-order valence-electron chi connectivity index (χ2n) is 5.24. The maximum Gasteiger partial charge on any atom is 0.150 e. The van der Waals surface area contributed by atoms with Crippen molar-refractivity contribution in [3.05, 3.63) is 17.5 Å². The van der Waals surface area contributed by atoms with Crippen molar-refractivity contribution in [3.63, 3.8) is 0 Å². The summed E-state index contributed by atoms with van der Waals surface area (Å²) in [6, 6.07) is 2.54. The molecule has 4 heteroatoms. The third-order valence-electron chi connectivity index (χ3n) is 3.75. The minimum Gasteiger partial charge on any atom is -0.360 e. The van der Waals surface area contributed by atoms with Gasteiger partial charge in [0.25, 0.3) is 0 Å². The summed E-state index contributed by atoms with van der Waals surface area (Å²) in [6.07, 6.45) is 2.58. The van der Waals surface area contributed by atoms with Gasteiger partial charge in [0, 0.05) is 12.1 Å².